The van der Waals surface area contributed by atoms with Crippen molar-refractivity contribution in [3.05, 3.63) is 38.6 Å². The van der Waals surface area contributed by atoms with Crippen molar-refractivity contribution in [2.75, 3.05) is 6.54 Å². The molecule has 2 aromatic rings. The molecule has 112 valence electrons. The summed E-state index contributed by atoms with van der Waals surface area (Å²) in [6, 6.07) is 0. The quantitative estimate of drug-likeness (QED) is 0.788. The first-order valence-corrected chi connectivity index (χ1v) is 7.39. The van der Waals surface area contributed by atoms with Gasteiger partial charge >= 0.3 is 5.97 Å². The summed E-state index contributed by atoms with van der Waals surface area (Å²) in [7, 11) is 0. The van der Waals surface area contributed by atoms with E-state index in [4.69, 9.17) is 5.11 Å². The number of carbonyl (C=O) groups is 2. The van der Waals surface area contributed by atoms with Crippen LogP contribution in [0.25, 0.3) is 0 Å². The Morgan fingerprint density at radius 1 is 1.38 bits per heavy atom. The van der Waals surface area contributed by atoms with Crippen molar-refractivity contribution in [2.24, 2.45) is 0 Å². The molecule has 1 amide bonds. The van der Waals surface area contributed by atoms with Gasteiger partial charge in [-0.1, -0.05) is 0 Å². The number of aromatic nitrogens is 2. The van der Waals surface area contributed by atoms with E-state index >= 15 is 0 Å². The highest BCUT2D eigenvalue weighted by molar-refractivity contribution is 7.09. The van der Waals surface area contributed by atoms with E-state index in [1.165, 1.54) is 0 Å². The second-order valence-corrected chi connectivity index (χ2v) is 5.76. The van der Waals surface area contributed by atoms with Crippen LogP contribution in [0.1, 0.15) is 42.8 Å². The summed E-state index contributed by atoms with van der Waals surface area (Å²) >= 11 is 1.57. The van der Waals surface area contributed by atoms with Gasteiger partial charge in [-0.3, -0.25) is 4.79 Å². The minimum absolute atomic E-state index is 0.0631. The van der Waals surface area contributed by atoms with Crippen LogP contribution < -0.4 is 5.32 Å². The SMILES string of the molecule is Cc1csc(CCNC(=O)c2c(C)[nH]c(C(=O)O)c2C)n1. The molecule has 0 saturated carbocycles. The molecular formula is C14H17N3O3S. The lowest BCUT2D eigenvalue weighted by atomic mass is 10.1. The van der Waals surface area contributed by atoms with Crippen molar-refractivity contribution >= 4 is 23.2 Å². The number of aryl methyl sites for hydroxylation is 2. The van der Waals surface area contributed by atoms with E-state index in [0.29, 0.717) is 29.8 Å². The van der Waals surface area contributed by atoms with Gasteiger partial charge in [0.25, 0.3) is 5.91 Å². The molecule has 0 aliphatic rings. The zero-order chi connectivity index (χ0) is 15.6. The van der Waals surface area contributed by atoms with Gasteiger partial charge in [-0.05, 0) is 26.3 Å². The van der Waals surface area contributed by atoms with E-state index in [2.05, 4.69) is 15.3 Å². The Hall–Kier alpha value is -2.15. The Bertz CT molecular complexity index is 688. The van der Waals surface area contributed by atoms with Gasteiger partial charge in [-0.25, -0.2) is 9.78 Å². The average molecular weight is 307 g/mol. The predicted molar refractivity (Wildman–Crippen MR) is 80.1 cm³/mol. The normalized spacial score (nSPS) is 10.6. The summed E-state index contributed by atoms with van der Waals surface area (Å²) < 4.78 is 0. The van der Waals surface area contributed by atoms with E-state index in [1.807, 2.05) is 12.3 Å². The summed E-state index contributed by atoms with van der Waals surface area (Å²) in [6.45, 7) is 5.72. The van der Waals surface area contributed by atoms with Crippen molar-refractivity contribution in [3.8, 4) is 0 Å². The Labute approximate surface area is 126 Å². The molecule has 2 aromatic heterocycles. The van der Waals surface area contributed by atoms with Crippen LogP contribution in [-0.4, -0.2) is 33.5 Å². The topological polar surface area (TPSA) is 95.1 Å². The number of carbonyl (C=O) groups excluding carboxylic acids is 1. The summed E-state index contributed by atoms with van der Waals surface area (Å²) in [5, 5.41) is 14.8. The standard InChI is InChI=1S/C14H17N3O3S/c1-7-6-21-10(16-7)4-5-15-13(18)11-8(2)12(14(19)20)17-9(11)3/h6,17H,4-5H2,1-3H3,(H,15,18)(H,19,20). The first kappa shape index (κ1) is 15.2. The van der Waals surface area contributed by atoms with Crippen molar-refractivity contribution in [2.45, 2.75) is 27.2 Å². The lowest BCUT2D eigenvalue weighted by Crippen LogP contribution is -2.26. The van der Waals surface area contributed by atoms with Gasteiger partial charge < -0.3 is 15.4 Å². The van der Waals surface area contributed by atoms with Crippen LogP contribution in [0.3, 0.4) is 0 Å². The van der Waals surface area contributed by atoms with Crippen molar-refractivity contribution in [3.63, 3.8) is 0 Å². The molecule has 0 aromatic carbocycles. The molecule has 0 saturated heterocycles. The van der Waals surface area contributed by atoms with Gasteiger partial charge in [-0.2, -0.15) is 0 Å². The smallest absolute Gasteiger partial charge is 0.352 e. The summed E-state index contributed by atoms with van der Waals surface area (Å²) in [6.07, 6.45) is 0.665. The molecule has 0 bridgehead atoms. The van der Waals surface area contributed by atoms with Crippen molar-refractivity contribution in [1.82, 2.24) is 15.3 Å². The molecule has 0 radical (unpaired) electrons. The van der Waals surface area contributed by atoms with Crippen LogP contribution in [0.5, 0.6) is 0 Å². The molecule has 0 atom stereocenters. The summed E-state index contributed by atoms with van der Waals surface area (Å²) in [5.41, 5.74) is 2.47. The monoisotopic (exact) mass is 307 g/mol. The van der Waals surface area contributed by atoms with Crippen molar-refractivity contribution in [1.29, 1.82) is 0 Å². The van der Waals surface area contributed by atoms with E-state index in [-0.39, 0.29) is 11.6 Å². The maximum Gasteiger partial charge on any atom is 0.352 e. The number of aromatic carboxylic acids is 1. The number of carboxylic acids is 1. The lowest BCUT2D eigenvalue weighted by Gasteiger charge is -2.05. The highest BCUT2D eigenvalue weighted by atomic mass is 32.1. The summed E-state index contributed by atoms with van der Waals surface area (Å²) in [4.78, 5) is 30.3. The molecule has 21 heavy (non-hydrogen) atoms. The fraction of sp³-hybridized carbons (Fsp3) is 0.357. The Balaban J connectivity index is 2.02. The number of H-pyrrole nitrogens is 1. The van der Waals surface area contributed by atoms with E-state index in [0.717, 1.165) is 10.7 Å². The van der Waals surface area contributed by atoms with Gasteiger partial charge in [-0.15, -0.1) is 11.3 Å². The Morgan fingerprint density at radius 3 is 2.62 bits per heavy atom. The van der Waals surface area contributed by atoms with Gasteiger partial charge in [0.05, 0.1) is 10.6 Å². The second kappa shape index (κ2) is 6.09. The third-order valence-electron chi connectivity index (χ3n) is 3.17. The zero-order valence-corrected chi connectivity index (χ0v) is 12.9. The Morgan fingerprint density at radius 2 is 2.10 bits per heavy atom. The number of hydrogen-bond donors (Lipinski definition) is 3. The van der Waals surface area contributed by atoms with Gasteiger partial charge in [0, 0.05) is 29.7 Å². The molecule has 0 unspecified atom stereocenters. The number of thiazole rings is 1. The van der Waals surface area contributed by atoms with Crippen LogP contribution in [0.4, 0.5) is 0 Å². The van der Waals surface area contributed by atoms with Crippen LogP contribution in [0.15, 0.2) is 5.38 Å². The largest absolute Gasteiger partial charge is 0.477 e. The predicted octanol–water partition coefficient (Wildman–Crippen LogP) is 2.07. The Kier molecular flexibility index (Phi) is 4.42. The number of aromatic amines is 1. The molecule has 6 nitrogen and oxygen atoms in total. The number of carboxylic acid groups (broad SMARTS) is 1. The fourth-order valence-electron chi connectivity index (χ4n) is 2.19. The molecule has 2 heterocycles. The fourth-order valence-corrected chi connectivity index (χ4v) is 2.97. The van der Waals surface area contributed by atoms with Gasteiger partial charge in [0.1, 0.15) is 5.69 Å². The van der Waals surface area contributed by atoms with Crippen LogP contribution >= 0.6 is 11.3 Å². The minimum Gasteiger partial charge on any atom is -0.477 e. The first-order chi connectivity index (χ1) is 9.90. The molecule has 7 heteroatoms. The number of nitrogens with one attached hydrogen (secondary N) is 2. The molecule has 2 rings (SSSR count). The number of amides is 1. The van der Waals surface area contributed by atoms with E-state index in [9.17, 15) is 9.59 Å². The zero-order valence-electron chi connectivity index (χ0n) is 12.1. The molecule has 3 N–H and O–H groups in total. The number of hydrogen-bond acceptors (Lipinski definition) is 4. The molecule has 0 aliphatic heterocycles. The lowest BCUT2D eigenvalue weighted by molar-refractivity contribution is 0.0690. The highest BCUT2D eigenvalue weighted by Crippen LogP contribution is 2.17. The van der Waals surface area contributed by atoms with Crippen molar-refractivity contribution < 1.29 is 14.7 Å². The second-order valence-electron chi connectivity index (χ2n) is 4.82. The van der Waals surface area contributed by atoms with E-state index in [1.54, 1.807) is 25.2 Å². The minimum atomic E-state index is -1.06. The van der Waals surface area contributed by atoms with Gasteiger partial charge in [0.2, 0.25) is 0 Å². The number of rotatable bonds is 5. The maximum absolute atomic E-state index is 12.2. The molecule has 0 spiro atoms. The van der Waals surface area contributed by atoms with Gasteiger partial charge in [0.15, 0.2) is 0 Å². The third kappa shape index (κ3) is 3.30. The first-order valence-electron chi connectivity index (χ1n) is 6.51. The molecular weight excluding hydrogens is 290 g/mol. The van der Waals surface area contributed by atoms with Crippen LogP contribution in [-0.2, 0) is 6.42 Å². The van der Waals surface area contributed by atoms with E-state index < -0.39 is 5.97 Å². The van der Waals surface area contributed by atoms with Crippen LogP contribution in [0.2, 0.25) is 0 Å². The third-order valence-corrected chi connectivity index (χ3v) is 4.20. The highest BCUT2D eigenvalue weighted by Gasteiger charge is 2.21. The molecule has 0 fully saturated rings. The molecule has 0 aliphatic carbocycles. The van der Waals surface area contributed by atoms with Crippen LogP contribution in [0, 0.1) is 20.8 Å². The number of nitrogens with zero attached hydrogens (tertiary/aromatic N) is 1. The summed E-state index contributed by atoms with van der Waals surface area (Å²) in [5.74, 6) is -1.32. The maximum atomic E-state index is 12.2. The average Bonchev–Trinajstić information content (AvgIpc) is 2.93.